The Morgan fingerprint density at radius 1 is 1.12 bits per heavy atom. The standard InChI is InChI=1S/C10H9N2O2Se.Li.H/c1-13-8-3-6-7(4-9(8)14-2)11-5-12-10(6)15;;/h3-5H,1-2H3;;/q;+1;-1. The number of aromatic nitrogens is 2. The SMILES string of the molecule is COc1cc2ncnc([Se])c2cc1OC.[H-].[Li+]. The maximum Gasteiger partial charge on any atom is 1.00 e. The average Bonchev–Trinajstić information content (AvgIpc) is 2.28. The van der Waals surface area contributed by atoms with Crippen molar-refractivity contribution >= 4 is 31.5 Å². The first-order valence-corrected chi connectivity index (χ1v) is 5.15. The number of ether oxygens (including phenoxy) is 2. The van der Waals surface area contributed by atoms with Crippen LogP contribution in [0.2, 0.25) is 0 Å². The Bertz CT molecular complexity index is 513. The van der Waals surface area contributed by atoms with E-state index in [1.807, 2.05) is 12.1 Å². The average molecular weight is 276 g/mol. The zero-order valence-electron chi connectivity index (χ0n) is 10.4. The van der Waals surface area contributed by atoms with E-state index < -0.39 is 0 Å². The van der Waals surface area contributed by atoms with Gasteiger partial charge >= 0.3 is 114 Å². The fourth-order valence-electron chi connectivity index (χ4n) is 1.36. The third kappa shape index (κ3) is 2.33. The first kappa shape index (κ1) is 13.3. The molecular weight excluding hydrogens is 266 g/mol. The maximum atomic E-state index is 5.20. The molecule has 0 spiro atoms. The largest absolute Gasteiger partial charge is 1.00 e. The molecule has 4 nitrogen and oxygen atoms in total. The molecule has 0 aliphatic heterocycles. The van der Waals surface area contributed by atoms with Gasteiger partial charge < -0.3 is 1.43 Å². The zero-order valence-corrected chi connectivity index (χ0v) is 11.1. The summed E-state index contributed by atoms with van der Waals surface area (Å²) < 4.78 is 11.2. The van der Waals surface area contributed by atoms with Crippen molar-refractivity contribution in [3.8, 4) is 11.5 Å². The summed E-state index contributed by atoms with van der Waals surface area (Å²) in [7, 11) is 3.20. The Kier molecular flexibility index (Phi) is 4.64. The summed E-state index contributed by atoms with van der Waals surface area (Å²) in [4.78, 5) is 8.23. The molecule has 1 aromatic carbocycles. The molecule has 1 heterocycles. The fourth-order valence-corrected chi connectivity index (χ4v) is 1.80. The third-order valence-electron chi connectivity index (χ3n) is 2.10. The van der Waals surface area contributed by atoms with Crippen LogP contribution in [-0.2, 0) is 0 Å². The van der Waals surface area contributed by atoms with Gasteiger partial charge in [0.25, 0.3) is 0 Å². The second kappa shape index (κ2) is 5.56. The van der Waals surface area contributed by atoms with Crippen molar-refractivity contribution in [3.63, 3.8) is 0 Å². The van der Waals surface area contributed by atoms with Gasteiger partial charge in [0.1, 0.15) is 0 Å². The zero-order chi connectivity index (χ0) is 10.8. The first-order valence-electron chi connectivity index (χ1n) is 4.30. The molecule has 2 rings (SSSR count). The number of hydrogen-bond donors (Lipinski definition) is 0. The molecular formula is C10H10LiN2O2Se. The van der Waals surface area contributed by atoms with E-state index in [9.17, 15) is 0 Å². The van der Waals surface area contributed by atoms with E-state index >= 15 is 0 Å². The van der Waals surface area contributed by atoms with Gasteiger partial charge in [-0.2, -0.15) is 0 Å². The van der Waals surface area contributed by atoms with Crippen LogP contribution in [0.1, 0.15) is 1.43 Å². The Morgan fingerprint density at radius 2 is 1.75 bits per heavy atom. The minimum atomic E-state index is 0. The summed E-state index contributed by atoms with van der Waals surface area (Å²) >= 11 is 2.89. The summed E-state index contributed by atoms with van der Waals surface area (Å²) in [5, 5.41) is 0.926. The molecule has 1 radical (unpaired) electrons. The smallest absolute Gasteiger partial charge is 1.00 e. The molecule has 0 amide bonds. The number of nitrogens with zero attached hydrogens (tertiary/aromatic N) is 2. The van der Waals surface area contributed by atoms with E-state index in [-0.39, 0.29) is 20.3 Å². The quantitative estimate of drug-likeness (QED) is 0.572. The Balaban J connectivity index is 0.00000128. The summed E-state index contributed by atoms with van der Waals surface area (Å²) in [5.74, 6) is 1.35. The summed E-state index contributed by atoms with van der Waals surface area (Å²) in [6, 6.07) is 3.69. The van der Waals surface area contributed by atoms with Crippen molar-refractivity contribution in [1.82, 2.24) is 9.97 Å². The molecule has 0 atom stereocenters. The number of benzene rings is 1. The van der Waals surface area contributed by atoms with Crippen LogP contribution in [0.5, 0.6) is 11.5 Å². The van der Waals surface area contributed by atoms with Gasteiger partial charge in [0.2, 0.25) is 0 Å². The summed E-state index contributed by atoms with van der Waals surface area (Å²) in [5.41, 5.74) is 0.830. The number of fused-ring (bicyclic) bond motifs is 1. The second-order valence-electron chi connectivity index (χ2n) is 2.90. The van der Waals surface area contributed by atoms with Gasteiger partial charge in [0, 0.05) is 0 Å². The molecule has 0 unspecified atom stereocenters. The van der Waals surface area contributed by atoms with Crippen LogP contribution >= 0.6 is 0 Å². The first-order chi connectivity index (χ1) is 7.26. The molecule has 0 bridgehead atoms. The van der Waals surface area contributed by atoms with Gasteiger partial charge in [-0.1, -0.05) is 0 Å². The van der Waals surface area contributed by atoms with Gasteiger partial charge in [-0.25, -0.2) is 0 Å². The van der Waals surface area contributed by atoms with Crippen molar-refractivity contribution in [2.45, 2.75) is 0 Å². The molecule has 0 aliphatic carbocycles. The van der Waals surface area contributed by atoms with Gasteiger partial charge in [-0.3, -0.25) is 0 Å². The molecule has 6 heteroatoms. The molecule has 79 valence electrons. The maximum absolute atomic E-state index is 5.20. The van der Waals surface area contributed by atoms with E-state index in [0.29, 0.717) is 11.5 Å². The minimum Gasteiger partial charge on any atom is -1.00 e. The van der Waals surface area contributed by atoms with Gasteiger partial charge in [-0.05, 0) is 0 Å². The van der Waals surface area contributed by atoms with Crippen molar-refractivity contribution in [2.75, 3.05) is 14.2 Å². The molecule has 16 heavy (non-hydrogen) atoms. The molecule has 0 aliphatic rings. The number of hydrogen-bond acceptors (Lipinski definition) is 4. The normalized spacial score (nSPS) is 9.62. The van der Waals surface area contributed by atoms with Crippen LogP contribution in [0.3, 0.4) is 0 Å². The van der Waals surface area contributed by atoms with Gasteiger partial charge in [0.15, 0.2) is 0 Å². The second-order valence-corrected chi connectivity index (χ2v) is 3.71. The van der Waals surface area contributed by atoms with E-state index in [1.54, 1.807) is 14.2 Å². The Labute approximate surface area is 115 Å². The van der Waals surface area contributed by atoms with Gasteiger partial charge in [-0.15, -0.1) is 0 Å². The monoisotopic (exact) mass is 277 g/mol. The van der Waals surface area contributed by atoms with E-state index in [2.05, 4.69) is 26.0 Å². The van der Waals surface area contributed by atoms with Crippen molar-refractivity contribution < 1.29 is 29.8 Å². The Morgan fingerprint density at radius 3 is 2.38 bits per heavy atom. The van der Waals surface area contributed by atoms with Crippen molar-refractivity contribution in [3.05, 3.63) is 18.5 Å². The van der Waals surface area contributed by atoms with Crippen LogP contribution in [0.25, 0.3) is 10.9 Å². The predicted octanol–water partition coefficient (Wildman–Crippen LogP) is -2.44. The van der Waals surface area contributed by atoms with Crippen LogP contribution in [0, 0.1) is 0 Å². The fraction of sp³-hybridized carbons (Fsp3) is 0.200. The topological polar surface area (TPSA) is 44.2 Å². The predicted molar refractivity (Wildman–Crippen MR) is 59.1 cm³/mol. The van der Waals surface area contributed by atoms with Crippen LogP contribution in [0.15, 0.2) is 18.5 Å². The number of rotatable bonds is 2. The molecule has 2 aromatic rings. The van der Waals surface area contributed by atoms with Crippen LogP contribution in [0.4, 0.5) is 0 Å². The van der Waals surface area contributed by atoms with Crippen molar-refractivity contribution in [1.29, 1.82) is 0 Å². The molecule has 0 saturated carbocycles. The van der Waals surface area contributed by atoms with E-state index in [1.165, 1.54) is 6.33 Å². The van der Waals surface area contributed by atoms with Crippen molar-refractivity contribution in [2.24, 2.45) is 0 Å². The summed E-state index contributed by atoms with van der Waals surface area (Å²) in [6.07, 6.45) is 1.51. The number of methoxy groups -OCH3 is 2. The molecule has 0 saturated heterocycles. The van der Waals surface area contributed by atoms with Gasteiger partial charge in [0.05, 0.1) is 0 Å². The molecule has 0 fully saturated rings. The van der Waals surface area contributed by atoms with E-state index in [0.717, 1.165) is 15.5 Å². The summed E-state index contributed by atoms with van der Waals surface area (Å²) in [6.45, 7) is 0. The van der Waals surface area contributed by atoms with Crippen LogP contribution < -0.4 is 32.9 Å². The van der Waals surface area contributed by atoms with E-state index in [4.69, 9.17) is 9.47 Å². The Hall–Kier alpha value is -0.723. The minimum absolute atomic E-state index is 0. The molecule has 1 aromatic heterocycles. The third-order valence-corrected chi connectivity index (χ3v) is 2.79. The van der Waals surface area contributed by atoms with Crippen LogP contribution in [-0.4, -0.2) is 40.2 Å². The molecule has 0 N–H and O–H groups in total.